The van der Waals surface area contributed by atoms with E-state index in [0.29, 0.717) is 29.7 Å². The number of hydrogen-bond acceptors (Lipinski definition) is 5. The highest BCUT2D eigenvalue weighted by atomic mass is 35.5. The number of sulfonamides is 1. The standard InChI is InChI=1S/C29H32Cl2N2O4S/c1-19-6-4-7-22(16-19)33(38(34,35)27-18-21(30)8-10-24(27)31)14-5-13-32-15-12-20-17-26(36-2)29(37-3)23-9-11-25(32)28(20)23/h4,6-8,10,16-18,25H,5,9,11-15H2,1-3H3. The Hall–Kier alpha value is -2.45. The molecule has 202 valence electrons. The molecule has 9 heteroatoms. The van der Waals surface area contributed by atoms with Gasteiger partial charge in [0.25, 0.3) is 10.0 Å². The molecule has 0 spiro atoms. The van der Waals surface area contributed by atoms with Crippen LogP contribution in [0.3, 0.4) is 0 Å². The first-order valence-electron chi connectivity index (χ1n) is 12.8. The first-order chi connectivity index (χ1) is 18.2. The Morgan fingerprint density at radius 2 is 1.87 bits per heavy atom. The molecule has 3 aromatic carbocycles. The van der Waals surface area contributed by atoms with E-state index in [1.54, 1.807) is 20.3 Å². The SMILES string of the molecule is COc1cc2c3c(c1OC)CCC3N(CCCN(c1cccc(C)c1)S(=O)(=O)c1cc(Cl)ccc1Cl)CC2. The third kappa shape index (κ3) is 4.97. The molecular weight excluding hydrogens is 543 g/mol. The van der Waals surface area contributed by atoms with Gasteiger partial charge in [-0.15, -0.1) is 0 Å². The van der Waals surface area contributed by atoms with Gasteiger partial charge in [-0.3, -0.25) is 9.21 Å². The summed E-state index contributed by atoms with van der Waals surface area (Å²) in [7, 11) is -0.554. The Labute approximate surface area is 235 Å². The van der Waals surface area contributed by atoms with Gasteiger partial charge >= 0.3 is 0 Å². The number of methoxy groups -OCH3 is 2. The summed E-state index contributed by atoms with van der Waals surface area (Å²) in [6.07, 6.45) is 3.56. The van der Waals surface area contributed by atoms with Crippen molar-refractivity contribution in [3.63, 3.8) is 0 Å². The Bertz CT molecular complexity index is 1460. The normalized spacial score (nSPS) is 16.8. The van der Waals surface area contributed by atoms with Crippen molar-refractivity contribution in [2.75, 3.05) is 38.2 Å². The second-order valence-electron chi connectivity index (χ2n) is 9.85. The van der Waals surface area contributed by atoms with Crippen LogP contribution in [0, 0.1) is 6.92 Å². The largest absolute Gasteiger partial charge is 0.493 e. The first-order valence-corrected chi connectivity index (χ1v) is 15.0. The van der Waals surface area contributed by atoms with Gasteiger partial charge in [0, 0.05) is 36.3 Å². The van der Waals surface area contributed by atoms with Crippen molar-refractivity contribution < 1.29 is 17.9 Å². The third-order valence-electron chi connectivity index (χ3n) is 7.57. The number of rotatable bonds is 9. The van der Waals surface area contributed by atoms with Crippen LogP contribution in [0.5, 0.6) is 11.5 Å². The summed E-state index contributed by atoms with van der Waals surface area (Å²) in [5.41, 5.74) is 5.54. The van der Waals surface area contributed by atoms with Crippen molar-refractivity contribution in [1.29, 1.82) is 0 Å². The van der Waals surface area contributed by atoms with Crippen molar-refractivity contribution in [2.24, 2.45) is 0 Å². The van der Waals surface area contributed by atoms with Gasteiger partial charge in [0.05, 0.1) is 24.9 Å². The van der Waals surface area contributed by atoms with E-state index in [-0.39, 0.29) is 9.92 Å². The quantitative estimate of drug-likeness (QED) is 0.294. The molecule has 0 fully saturated rings. The molecule has 0 aromatic heterocycles. The van der Waals surface area contributed by atoms with Gasteiger partial charge in [0.2, 0.25) is 0 Å². The average Bonchev–Trinajstić information content (AvgIpc) is 3.35. The molecular formula is C29H32Cl2N2O4S. The van der Waals surface area contributed by atoms with Crippen LogP contribution >= 0.6 is 23.2 Å². The second kappa shape index (κ2) is 11.0. The number of nitrogens with zero attached hydrogens (tertiary/aromatic N) is 2. The molecule has 0 bridgehead atoms. The van der Waals surface area contributed by atoms with Gasteiger partial charge in [-0.1, -0.05) is 35.3 Å². The molecule has 6 nitrogen and oxygen atoms in total. The topological polar surface area (TPSA) is 59.1 Å². The lowest BCUT2D eigenvalue weighted by Gasteiger charge is -2.36. The van der Waals surface area contributed by atoms with E-state index in [1.165, 1.54) is 33.1 Å². The van der Waals surface area contributed by atoms with E-state index >= 15 is 0 Å². The van der Waals surface area contributed by atoms with E-state index in [2.05, 4.69) is 11.0 Å². The molecule has 3 aromatic rings. The summed E-state index contributed by atoms with van der Waals surface area (Å²) in [5, 5.41) is 0.482. The van der Waals surface area contributed by atoms with Gasteiger partial charge in [0.15, 0.2) is 11.5 Å². The van der Waals surface area contributed by atoms with Crippen LogP contribution in [-0.2, 0) is 22.9 Å². The van der Waals surface area contributed by atoms with Gasteiger partial charge in [-0.25, -0.2) is 8.42 Å². The van der Waals surface area contributed by atoms with Crippen molar-refractivity contribution in [3.05, 3.63) is 80.8 Å². The van der Waals surface area contributed by atoms with E-state index in [0.717, 1.165) is 49.4 Å². The smallest absolute Gasteiger partial charge is 0.265 e. The fraction of sp³-hybridized carbons (Fsp3) is 0.379. The van der Waals surface area contributed by atoms with Crippen LogP contribution in [0.1, 0.15) is 41.1 Å². The number of benzene rings is 3. The number of halogens is 2. The van der Waals surface area contributed by atoms with Crippen molar-refractivity contribution in [3.8, 4) is 11.5 Å². The van der Waals surface area contributed by atoms with E-state index in [9.17, 15) is 8.42 Å². The van der Waals surface area contributed by atoms with Crippen LogP contribution in [0.2, 0.25) is 10.0 Å². The fourth-order valence-corrected chi connectivity index (χ4v) is 8.11. The van der Waals surface area contributed by atoms with Crippen LogP contribution in [0.25, 0.3) is 0 Å². The summed E-state index contributed by atoms with van der Waals surface area (Å²) >= 11 is 12.5. The lowest BCUT2D eigenvalue weighted by atomic mass is 9.92. The Balaban J connectivity index is 1.39. The zero-order chi connectivity index (χ0) is 27.0. The van der Waals surface area contributed by atoms with E-state index < -0.39 is 10.0 Å². The predicted octanol–water partition coefficient (Wildman–Crippen LogP) is 6.45. The molecule has 5 rings (SSSR count). The highest BCUT2D eigenvalue weighted by Gasteiger charge is 2.37. The number of hydrogen-bond donors (Lipinski definition) is 0. The van der Waals surface area contributed by atoms with Gasteiger partial charge in [-0.2, -0.15) is 0 Å². The maximum Gasteiger partial charge on any atom is 0.265 e. The van der Waals surface area contributed by atoms with Gasteiger partial charge in [-0.05, 0) is 85.7 Å². The molecule has 1 aliphatic carbocycles. The molecule has 0 N–H and O–H groups in total. The van der Waals surface area contributed by atoms with Crippen LogP contribution in [-0.4, -0.2) is 47.2 Å². The second-order valence-corrected chi connectivity index (χ2v) is 12.5. The summed E-state index contributed by atoms with van der Waals surface area (Å²) < 4.78 is 40.5. The predicted molar refractivity (Wildman–Crippen MR) is 153 cm³/mol. The minimum absolute atomic E-state index is 0.0153. The molecule has 1 aliphatic heterocycles. The zero-order valence-electron chi connectivity index (χ0n) is 21.8. The summed E-state index contributed by atoms with van der Waals surface area (Å²) in [4.78, 5) is 2.50. The molecule has 2 aliphatic rings. The highest BCUT2D eigenvalue weighted by Crippen LogP contribution is 2.48. The van der Waals surface area contributed by atoms with Crippen LogP contribution < -0.4 is 13.8 Å². The summed E-state index contributed by atoms with van der Waals surface area (Å²) in [6.45, 7) is 3.97. The number of ether oxygens (including phenoxy) is 2. The van der Waals surface area contributed by atoms with Crippen LogP contribution in [0.4, 0.5) is 5.69 Å². The Kier molecular flexibility index (Phi) is 7.83. The van der Waals surface area contributed by atoms with Crippen LogP contribution in [0.15, 0.2) is 53.4 Å². The zero-order valence-corrected chi connectivity index (χ0v) is 24.2. The number of aryl methyl sites for hydroxylation is 1. The van der Waals surface area contributed by atoms with E-state index in [4.69, 9.17) is 32.7 Å². The minimum Gasteiger partial charge on any atom is -0.493 e. The fourth-order valence-electron chi connectivity index (χ4n) is 5.87. The first kappa shape index (κ1) is 27.1. The molecule has 1 atom stereocenters. The van der Waals surface area contributed by atoms with Crippen molar-refractivity contribution in [2.45, 2.75) is 43.5 Å². The highest BCUT2D eigenvalue weighted by molar-refractivity contribution is 7.93. The van der Waals surface area contributed by atoms with E-state index in [1.807, 2.05) is 31.2 Å². The lowest BCUT2D eigenvalue weighted by Crippen LogP contribution is -2.38. The molecule has 1 heterocycles. The van der Waals surface area contributed by atoms with Gasteiger partial charge in [0.1, 0.15) is 4.90 Å². The third-order valence-corrected chi connectivity index (χ3v) is 10.1. The van der Waals surface area contributed by atoms with Crippen molar-refractivity contribution in [1.82, 2.24) is 4.90 Å². The number of anilines is 1. The molecule has 0 amide bonds. The average molecular weight is 576 g/mol. The van der Waals surface area contributed by atoms with Crippen molar-refractivity contribution >= 4 is 38.9 Å². The molecule has 38 heavy (non-hydrogen) atoms. The Morgan fingerprint density at radius 1 is 1.05 bits per heavy atom. The molecule has 0 saturated heterocycles. The monoisotopic (exact) mass is 574 g/mol. The maximum absolute atomic E-state index is 13.9. The minimum atomic E-state index is -3.93. The molecule has 0 saturated carbocycles. The molecule has 1 unspecified atom stereocenters. The lowest BCUT2D eigenvalue weighted by molar-refractivity contribution is 0.184. The van der Waals surface area contributed by atoms with Gasteiger partial charge < -0.3 is 9.47 Å². The summed E-state index contributed by atoms with van der Waals surface area (Å²) in [6, 6.07) is 14.5. The summed E-state index contributed by atoms with van der Waals surface area (Å²) in [5.74, 6) is 1.64. The molecule has 0 radical (unpaired) electrons. The maximum atomic E-state index is 13.9. The Morgan fingerprint density at radius 3 is 2.61 bits per heavy atom.